The fourth-order valence-electron chi connectivity index (χ4n) is 1.72. The van der Waals surface area contributed by atoms with Gasteiger partial charge in [-0.15, -0.1) is 0 Å². The zero-order chi connectivity index (χ0) is 15.4. The lowest BCUT2D eigenvalue weighted by Gasteiger charge is -2.09. The minimum atomic E-state index is -0.598. The number of halogens is 3. The second-order valence-corrected chi connectivity index (χ2v) is 5.48. The summed E-state index contributed by atoms with van der Waals surface area (Å²) in [5, 5.41) is 2.97. The molecular weight excluding hydrogens is 361 g/mol. The molecule has 0 bridgehead atoms. The fraction of sp³-hybridized carbons (Fsp3) is 0.133. The van der Waals surface area contributed by atoms with Crippen molar-refractivity contribution in [2.45, 2.75) is 6.92 Å². The summed E-state index contributed by atoms with van der Waals surface area (Å²) < 4.78 is 19.6. The molecule has 0 fully saturated rings. The Kier molecular flexibility index (Phi) is 5.20. The van der Waals surface area contributed by atoms with Crippen LogP contribution in [0.4, 0.5) is 10.1 Å². The SMILES string of the molecule is CCOc1ccc(NC(=O)c2ccc(Br)cc2F)cc1Cl. The molecule has 3 nitrogen and oxygen atoms in total. The average molecular weight is 373 g/mol. The van der Waals surface area contributed by atoms with Crippen LogP contribution in [0.5, 0.6) is 5.75 Å². The maximum atomic E-state index is 13.7. The van der Waals surface area contributed by atoms with Crippen LogP contribution in [0.3, 0.4) is 0 Å². The van der Waals surface area contributed by atoms with Gasteiger partial charge in [-0.05, 0) is 43.3 Å². The van der Waals surface area contributed by atoms with Crippen molar-refractivity contribution in [3.8, 4) is 5.75 Å². The van der Waals surface area contributed by atoms with Gasteiger partial charge < -0.3 is 10.1 Å². The van der Waals surface area contributed by atoms with Crippen LogP contribution in [0.25, 0.3) is 0 Å². The van der Waals surface area contributed by atoms with Gasteiger partial charge >= 0.3 is 0 Å². The first-order chi connectivity index (χ1) is 10.0. The Morgan fingerprint density at radius 1 is 1.33 bits per heavy atom. The van der Waals surface area contributed by atoms with Crippen LogP contribution < -0.4 is 10.1 Å². The van der Waals surface area contributed by atoms with E-state index in [0.29, 0.717) is 27.5 Å². The van der Waals surface area contributed by atoms with Gasteiger partial charge in [0.1, 0.15) is 11.6 Å². The maximum absolute atomic E-state index is 13.7. The highest BCUT2D eigenvalue weighted by molar-refractivity contribution is 9.10. The third-order valence-corrected chi connectivity index (χ3v) is 3.45. The predicted octanol–water partition coefficient (Wildman–Crippen LogP) is 4.89. The standard InChI is InChI=1S/C15H12BrClFNO2/c1-2-21-14-6-4-10(8-12(14)17)19-15(20)11-5-3-9(16)7-13(11)18/h3-8H,2H2,1H3,(H,19,20). The van der Waals surface area contributed by atoms with E-state index in [0.717, 1.165) is 0 Å². The van der Waals surface area contributed by atoms with Crippen LogP contribution in [0.2, 0.25) is 5.02 Å². The van der Waals surface area contributed by atoms with Crippen molar-refractivity contribution in [3.05, 3.63) is 57.3 Å². The van der Waals surface area contributed by atoms with Gasteiger partial charge in [-0.25, -0.2) is 4.39 Å². The van der Waals surface area contributed by atoms with E-state index < -0.39 is 11.7 Å². The first-order valence-corrected chi connectivity index (χ1v) is 7.37. The summed E-state index contributed by atoms with van der Waals surface area (Å²) in [7, 11) is 0. The van der Waals surface area contributed by atoms with Gasteiger partial charge in [0, 0.05) is 10.2 Å². The largest absolute Gasteiger partial charge is 0.492 e. The normalized spacial score (nSPS) is 10.3. The quantitative estimate of drug-likeness (QED) is 0.829. The number of carbonyl (C=O) groups is 1. The number of hydrogen-bond acceptors (Lipinski definition) is 2. The highest BCUT2D eigenvalue weighted by atomic mass is 79.9. The van der Waals surface area contributed by atoms with Crippen LogP contribution >= 0.6 is 27.5 Å². The van der Waals surface area contributed by atoms with Crippen molar-refractivity contribution >= 4 is 39.1 Å². The molecule has 0 heterocycles. The number of anilines is 1. The van der Waals surface area contributed by atoms with Gasteiger partial charge in [0.15, 0.2) is 0 Å². The predicted molar refractivity (Wildman–Crippen MR) is 84.7 cm³/mol. The molecule has 2 aromatic rings. The second-order valence-electron chi connectivity index (χ2n) is 4.16. The minimum Gasteiger partial charge on any atom is -0.492 e. The number of rotatable bonds is 4. The Morgan fingerprint density at radius 2 is 2.10 bits per heavy atom. The zero-order valence-corrected chi connectivity index (χ0v) is 13.5. The van der Waals surface area contributed by atoms with E-state index in [1.165, 1.54) is 12.1 Å². The molecule has 0 aliphatic carbocycles. The van der Waals surface area contributed by atoms with Gasteiger partial charge in [-0.2, -0.15) is 0 Å². The number of ether oxygens (including phenoxy) is 1. The van der Waals surface area contributed by atoms with E-state index in [-0.39, 0.29) is 5.56 Å². The molecule has 1 N–H and O–H groups in total. The summed E-state index contributed by atoms with van der Waals surface area (Å²) in [6, 6.07) is 9.10. The van der Waals surface area contributed by atoms with Gasteiger partial charge in [-0.3, -0.25) is 4.79 Å². The average Bonchev–Trinajstić information content (AvgIpc) is 2.41. The van der Waals surface area contributed by atoms with Crippen molar-refractivity contribution in [1.29, 1.82) is 0 Å². The molecule has 2 rings (SSSR count). The zero-order valence-electron chi connectivity index (χ0n) is 11.1. The third kappa shape index (κ3) is 3.95. The van der Waals surface area contributed by atoms with Crippen molar-refractivity contribution in [1.82, 2.24) is 0 Å². The molecule has 0 radical (unpaired) electrons. The van der Waals surface area contributed by atoms with Gasteiger partial charge in [-0.1, -0.05) is 27.5 Å². The van der Waals surface area contributed by atoms with Gasteiger partial charge in [0.25, 0.3) is 5.91 Å². The van der Waals surface area contributed by atoms with E-state index in [4.69, 9.17) is 16.3 Å². The minimum absolute atomic E-state index is 0.0387. The molecule has 0 saturated heterocycles. The van der Waals surface area contributed by atoms with E-state index in [2.05, 4.69) is 21.2 Å². The monoisotopic (exact) mass is 371 g/mol. The lowest BCUT2D eigenvalue weighted by atomic mass is 10.2. The van der Waals surface area contributed by atoms with Crippen LogP contribution in [-0.2, 0) is 0 Å². The molecule has 0 saturated carbocycles. The topological polar surface area (TPSA) is 38.3 Å². The third-order valence-electron chi connectivity index (χ3n) is 2.67. The Morgan fingerprint density at radius 3 is 2.71 bits per heavy atom. The fourth-order valence-corrected chi connectivity index (χ4v) is 2.29. The lowest BCUT2D eigenvalue weighted by Crippen LogP contribution is -2.13. The Bertz CT molecular complexity index is 679. The molecule has 2 aromatic carbocycles. The molecule has 21 heavy (non-hydrogen) atoms. The summed E-state index contributed by atoms with van der Waals surface area (Å²) >= 11 is 9.17. The molecule has 110 valence electrons. The summed E-state index contributed by atoms with van der Waals surface area (Å²) in [4.78, 5) is 12.0. The summed E-state index contributed by atoms with van der Waals surface area (Å²) in [6.07, 6.45) is 0. The molecule has 0 aromatic heterocycles. The molecule has 0 atom stereocenters. The molecule has 0 unspecified atom stereocenters. The van der Waals surface area contributed by atoms with Crippen molar-refractivity contribution in [2.75, 3.05) is 11.9 Å². The van der Waals surface area contributed by atoms with Gasteiger partial charge in [0.2, 0.25) is 0 Å². The van der Waals surface area contributed by atoms with Crippen molar-refractivity contribution < 1.29 is 13.9 Å². The Hall–Kier alpha value is -1.59. The van der Waals surface area contributed by atoms with E-state index in [1.54, 1.807) is 24.3 Å². The lowest BCUT2D eigenvalue weighted by molar-refractivity contribution is 0.102. The highest BCUT2D eigenvalue weighted by Crippen LogP contribution is 2.28. The first kappa shape index (κ1) is 15.8. The van der Waals surface area contributed by atoms with Crippen LogP contribution in [0.1, 0.15) is 17.3 Å². The maximum Gasteiger partial charge on any atom is 0.258 e. The van der Waals surface area contributed by atoms with Gasteiger partial charge in [0.05, 0.1) is 17.2 Å². The van der Waals surface area contributed by atoms with E-state index in [1.807, 2.05) is 6.92 Å². The Balaban J connectivity index is 2.17. The highest BCUT2D eigenvalue weighted by Gasteiger charge is 2.13. The number of hydrogen-bond donors (Lipinski definition) is 1. The van der Waals surface area contributed by atoms with Crippen molar-refractivity contribution in [3.63, 3.8) is 0 Å². The molecular formula is C15H12BrClFNO2. The summed E-state index contributed by atoms with van der Waals surface area (Å²) in [5.41, 5.74) is 0.430. The second kappa shape index (κ2) is 6.91. The first-order valence-electron chi connectivity index (χ1n) is 6.20. The summed E-state index contributed by atoms with van der Waals surface area (Å²) in [6.45, 7) is 2.35. The Labute approximate surface area is 135 Å². The molecule has 6 heteroatoms. The smallest absolute Gasteiger partial charge is 0.258 e. The summed E-state index contributed by atoms with van der Waals surface area (Å²) in [5.74, 6) is -0.605. The van der Waals surface area contributed by atoms with Crippen molar-refractivity contribution in [2.24, 2.45) is 0 Å². The molecule has 1 amide bonds. The number of nitrogens with one attached hydrogen (secondary N) is 1. The number of benzene rings is 2. The van der Waals surface area contributed by atoms with Crippen LogP contribution in [0.15, 0.2) is 40.9 Å². The molecule has 0 spiro atoms. The van der Waals surface area contributed by atoms with E-state index in [9.17, 15) is 9.18 Å². The number of amides is 1. The van der Waals surface area contributed by atoms with Crippen LogP contribution in [-0.4, -0.2) is 12.5 Å². The van der Waals surface area contributed by atoms with Crippen LogP contribution in [0, 0.1) is 5.82 Å². The molecule has 0 aliphatic rings. The molecule has 0 aliphatic heterocycles. The van der Waals surface area contributed by atoms with E-state index >= 15 is 0 Å². The number of carbonyl (C=O) groups excluding carboxylic acids is 1.